The summed E-state index contributed by atoms with van der Waals surface area (Å²) in [5, 5.41) is 9.26. The minimum absolute atomic E-state index is 0.0472. The van der Waals surface area contributed by atoms with Crippen LogP contribution in [0.25, 0.3) is 0 Å². The average Bonchev–Trinajstić information content (AvgIpc) is 2.41. The maximum atomic E-state index is 12.8. The molecule has 156 valence electrons. The molecule has 0 bridgehead atoms. The van der Waals surface area contributed by atoms with E-state index < -0.39 is 18.1 Å². The van der Waals surface area contributed by atoms with Crippen LogP contribution in [0.5, 0.6) is 5.75 Å². The van der Waals surface area contributed by atoms with Crippen LogP contribution in [0, 0.1) is 0 Å². The number of hydrogen-bond donors (Lipinski definition) is 1. The number of aliphatic carboxylic acids is 1. The van der Waals surface area contributed by atoms with Crippen molar-refractivity contribution in [3.8, 4) is 5.75 Å². The van der Waals surface area contributed by atoms with Gasteiger partial charge in [-0.15, -0.1) is 0 Å². The molecule has 1 aromatic carbocycles. The third-order valence-electron chi connectivity index (χ3n) is 5.30. The van der Waals surface area contributed by atoms with Gasteiger partial charge in [0.1, 0.15) is 11.8 Å². The summed E-state index contributed by atoms with van der Waals surface area (Å²) < 4.78 is 5.91. The van der Waals surface area contributed by atoms with Crippen LogP contribution in [0.3, 0.4) is 0 Å². The van der Waals surface area contributed by atoms with Gasteiger partial charge in [-0.05, 0) is 28.2 Å². The van der Waals surface area contributed by atoms with Gasteiger partial charge in [-0.2, -0.15) is 0 Å². The second-order valence-electron chi connectivity index (χ2n) is 10.9. The molecule has 5 heteroatoms. The normalized spacial score (nSPS) is 17.9. The standard InChI is InChI=1S/C23H35NO4/c1-21(2,3)14-12-15(22(4,5)6)18(16(13-14)23(7,8)9)28-20(27)24-11-10-17(24)19(25)26/h12-13,17H,10-11H2,1-9H3,(H,25,26)/t17-/m1/s1. The van der Waals surface area contributed by atoms with Crippen molar-refractivity contribution in [2.45, 2.75) is 91.0 Å². The first-order chi connectivity index (χ1) is 12.5. The average molecular weight is 390 g/mol. The second-order valence-corrected chi connectivity index (χ2v) is 10.9. The molecule has 1 aliphatic rings. The molecule has 1 N–H and O–H groups in total. The molecule has 1 fully saturated rings. The highest BCUT2D eigenvalue weighted by Crippen LogP contribution is 2.43. The van der Waals surface area contributed by atoms with E-state index >= 15 is 0 Å². The molecule has 0 spiro atoms. The third kappa shape index (κ3) is 4.50. The quantitative estimate of drug-likeness (QED) is 0.751. The van der Waals surface area contributed by atoms with Gasteiger partial charge in [0.15, 0.2) is 0 Å². The zero-order chi connectivity index (χ0) is 21.7. The molecule has 0 aromatic heterocycles. The summed E-state index contributed by atoms with van der Waals surface area (Å²) in [7, 11) is 0. The van der Waals surface area contributed by atoms with E-state index in [2.05, 4.69) is 74.4 Å². The molecule has 2 rings (SSSR count). The lowest BCUT2D eigenvalue weighted by Gasteiger charge is -2.38. The zero-order valence-electron chi connectivity index (χ0n) is 18.8. The Kier molecular flexibility index (Phi) is 5.63. The topological polar surface area (TPSA) is 66.8 Å². The number of rotatable bonds is 2. The number of hydrogen-bond acceptors (Lipinski definition) is 3. The number of amides is 1. The molecule has 0 saturated carbocycles. The summed E-state index contributed by atoms with van der Waals surface area (Å²) in [4.78, 5) is 25.4. The Morgan fingerprint density at radius 1 is 0.929 bits per heavy atom. The Hall–Kier alpha value is -2.04. The van der Waals surface area contributed by atoms with Crippen molar-refractivity contribution < 1.29 is 19.4 Å². The van der Waals surface area contributed by atoms with E-state index in [1.807, 2.05) is 0 Å². The van der Waals surface area contributed by atoms with E-state index in [4.69, 9.17) is 4.74 Å². The molecule has 1 saturated heterocycles. The van der Waals surface area contributed by atoms with Crippen LogP contribution in [0.1, 0.15) is 85.4 Å². The van der Waals surface area contributed by atoms with E-state index in [9.17, 15) is 14.7 Å². The first-order valence-corrected chi connectivity index (χ1v) is 9.94. The number of likely N-dealkylation sites (tertiary alicyclic amines) is 1. The molecule has 0 radical (unpaired) electrons. The molecule has 1 heterocycles. The molecular formula is C23H35NO4. The predicted octanol–water partition coefficient (Wildman–Crippen LogP) is 5.24. The molecule has 0 unspecified atom stereocenters. The summed E-state index contributed by atoms with van der Waals surface area (Å²) in [5.41, 5.74) is 2.59. The largest absolute Gasteiger partial charge is 0.480 e. The maximum Gasteiger partial charge on any atom is 0.416 e. The van der Waals surface area contributed by atoms with Gasteiger partial charge in [-0.3, -0.25) is 4.90 Å². The summed E-state index contributed by atoms with van der Waals surface area (Å²) in [5.74, 6) is -0.424. The van der Waals surface area contributed by atoms with Crippen LogP contribution in [0.2, 0.25) is 0 Å². The van der Waals surface area contributed by atoms with E-state index in [1.165, 1.54) is 10.5 Å². The van der Waals surface area contributed by atoms with E-state index in [0.29, 0.717) is 18.7 Å². The molecule has 5 nitrogen and oxygen atoms in total. The third-order valence-corrected chi connectivity index (χ3v) is 5.30. The molecule has 1 aliphatic heterocycles. The minimum Gasteiger partial charge on any atom is -0.480 e. The number of carboxylic acids is 1. The molecule has 1 atom stereocenters. The highest BCUT2D eigenvalue weighted by atomic mass is 16.6. The van der Waals surface area contributed by atoms with Gasteiger partial charge in [-0.1, -0.05) is 74.4 Å². The monoisotopic (exact) mass is 389 g/mol. The van der Waals surface area contributed by atoms with Gasteiger partial charge in [0, 0.05) is 17.7 Å². The number of benzene rings is 1. The molecule has 1 amide bonds. The van der Waals surface area contributed by atoms with Crippen LogP contribution in [0.15, 0.2) is 12.1 Å². The van der Waals surface area contributed by atoms with Crippen LogP contribution in [-0.4, -0.2) is 34.7 Å². The van der Waals surface area contributed by atoms with Crippen molar-refractivity contribution in [1.82, 2.24) is 4.90 Å². The lowest BCUT2D eigenvalue weighted by atomic mass is 9.75. The SMILES string of the molecule is CC(C)(C)c1cc(C(C)(C)C)c(OC(=O)N2CC[C@@H]2C(=O)O)c(C(C)(C)C)c1. The van der Waals surface area contributed by atoms with Crippen molar-refractivity contribution in [3.05, 3.63) is 28.8 Å². The van der Waals surface area contributed by atoms with Crippen molar-refractivity contribution >= 4 is 12.1 Å². The van der Waals surface area contributed by atoms with Crippen LogP contribution in [-0.2, 0) is 21.0 Å². The number of nitrogens with zero attached hydrogens (tertiary/aromatic N) is 1. The van der Waals surface area contributed by atoms with Gasteiger partial charge < -0.3 is 9.84 Å². The van der Waals surface area contributed by atoms with Crippen molar-refractivity contribution in [1.29, 1.82) is 0 Å². The Balaban J connectivity index is 2.60. The summed E-state index contributed by atoms with van der Waals surface area (Å²) in [6.45, 7) is 19.5. The molecule has 0 aliphatic carbocycles. The number of ether oxygens (including phenoxy) is 1. The van der Waals surface area contributed by atoms with Gasteiger partial charge in [-0.25, -0.2) is 9.59 Å². The molecule has 1 aromatic rings. The van der Waals surface area contributed by atoms with Crippen molar-refractivity contribution in [2.75, 3.05) is 6.54 Å². The van der Waals surface area contributed by atoms with E-state index in [-0.39, 0.29) is 16.2 Å². The lowest BCUT2D eigenvalue weighted by Crippen LogP contribution is -2.56. The number of carbonyl (C=O) groups is 2. The van der Waals surface area contributed by atoms with Gasteiger partial charge >= 0.3 is 12.1 Å². The highest BCUT2D eigenvalue weighted by molar-refractivity contribution is 5.83. The summed E-state index contributed by atoms with van der Waals surface area (Å²) >= 11 is 0. The fraction of sp³-hybridized carbons (Fsp3) is 0.652. The van der Waals surface area contributed by atoms with Gasteiger partial charge in [0.25, 0.3) is 0 Å². The minimum atomic E-state index is -0.988. The number of carboxylic acid groups (broad SMARTS) is 1. The number of carbonyl (C=O) groups excluding carboxylic acids is 1. The maximum absolute atomic E-state index is 12.8. The predicted molar refractivity (Wildman–Crippen MR) is 111 cm³/mol. The smallest absolute Gasteiger partial charge is 0.416 e. The van der Waals surface area contributed by atoms with Crippen molar-refractivity contribution in [2.24, 2.45) is 0 Å². The van der Waals surface area contributed by atoms with E-state index in [1.54, 1.807) is 0 Å². The summed E-state index contributed by atoms with van der Waals surface area (Å²) in [6, 6.07) is 3.46. The van der Waals surface area contributed by atoms with Crippen LogP contribution < -0.4 is 4.74 Å². The van der Waals surface area contributed by atoms with E-state index in [0.717, 1.165) is 11.1 Å². The van der Waals surface area contributed by atoms with Gasteiger partial charge in [0.2, 0.25) is 0 Å². The fourth-order valence-corrected chi connectivity index (χ4v) is 3.29. The van der Waals surface area contributed by atoms with Gasteiger partial charge in [0.05, 0.1) is 0 Å². The van der Waals surface area contributed by atoms with Crippen molar-refractivity contribution in [3.63, 3.8) is 0 Å². The summed E-state index contributed by atoms with van der Waals surface area (Å²) in [6.07, 6.45) is -0.121. The first kappa shape index (κ1) is 22.3. The Bertz CT molecular complexity index is 740. The first-order valence-electron chi connectivity index (χ1n) is 9.94. The molecular weight excluding hydrogens is 354 g/mol. The fourth-order valence-electron chi connectivity index (χ4n) is 3.29. The van der Waals surface area contributed by atoms with Crippen LogP contribution >= 0.6 is 0 Å². The van der Waals surface area contributed by atoms with Crippen LogP contribution in [0.4, 0.5) is 4.79 Å². The second kappa shape index (κ2) is 7.09. The Morgan fingerprint density at radius 2 is 1.39 bits per heavy atom. The molecule has 28 heavy (non-hydrogen) atoms. The Morgan fingerprint density at radius 3 is 1.68 bits per heavy atom. The highest BCUT2D eigenvalue weighted by Gasteiger charge is 2.40. The lowest BCUT2D eigenvalue weighted by molar-refractivity contribution is -0.146. The Labute approximate surface area is 169 Å². The zero-order valence-corrected chi connectivity index (χ0v) is 18.8.